The molecule has 3 aromatic rings. The Hall–Kier alpha value is -2.76. The van der Waals surface area contributed by atoms with Gasteiger partial charge in [0.05, 0.1) is 12.7 Å². The van der Waals surface area contributed by atoms with E-state index in [0.717, 1.165) is 5.39 Å². The monoisotopic (exact) mass is 283 g/mol. The Bertz CT molecular complexity index is 915. The van der Waals surface area contributed by atoms with Gasteiger partial charge in [-0.3, -0.25) is 4.79 Å². The van der Waals surface area contributed by atoms with Gasteiger partial charge in [0.1, 0.15) is 11.3 Å². The lowest BCUT2D eigenvalue weighted by Crippen LogP contribution is -2.11. The number of pyridine rings is 1. The van der Waals surface area contributed by atoms with Crippen LogP contribution in [0.4, 0.5) is 0 Å². The number of aromatic amines is 1. The van der Waals surface area contributed by atoms with Crippen molar-refractivity contribution in [1.29, 1.82) is 0 Å². The van der Waals surface area contributed by atoms with Gasteiger partial charge in [0.25, 0.3) is 5.56 Å². The number of nitrogens with one attached hydrogen (secondary N) is 1. The molecule has 1 N–H and O–H groups in total. The average molecular weight is 283 g/mol. The molecule has 2 heterocycles. The van der Waals surface area contributed by atoms with Crippen molar-refractivity contribution in [3.05, 3.63) is 46.1 Å². The third kappa shape index (κ3) is 2.14. The van der Waals surface area contributed by atoms with Crippen molar-refractivity contribution < 1.29 is 9.53 Å². The number of nitrogens with zero attached hydrogens (tertiary/aromatic N) is 2. The van der Waals surface area contributed by atoms with Crippen LogP contribution in [-0.2, 0) is 11.2 Å². The van der Waals surface area contributed by atoms with Crippen LogP contribution in [0.2, 0.25) is 0 Å². The van der Waals surface area contributed by atoms with Gasteiger partial charge in [-0.05, 0) is 12.1 Å². The quantitative estimate of drug-likeness (QED) is 0.573. The predicted molar refractivity (Wildman–Crippen MR) is 78.4 cm³/mol. The van der Waals surface area contributed by atoms with Gasteiger partial charge in [-0.15, -0.1) is 0 Å². The van der Waals surface area contributed by atoms with Crippen LogP contribution in [0.15, 0.2) is 29.2 Å². The maximum Gasteiger partial charge on any atom is 0.337 e. The molecule has 0 aliphatic rings. The zero-order valence-corrected chi connectivity index (χ0v) is 11.6. The summed E-state index contributed by atoms with van der Waals surface area (Å²) >= 11 is 0. The fourth-order valence-electron chi connectivity index (χ4n) is 2.27. The topological polar surface area (TPSA) is 84.9 Å². The van der Waals surface area contributed by atoms with Gasteiger partial charge in [-0.1, -0.05) is 13.0 Å². The van der Waals surface area contributed by atoms with Crippen LogP contribution in [0.5, 0.6) is 0 Å². The summed E-state index contributed by atoms with van der Waals surface area (Å²) in [6, 6.07) is 5.00. The zero-order valence-electron chi connectivity index (χ0n) is 11.6. The van der Waals surface area contributed by atoms with Crippen LogP contribution >= 0.6 is 0 Å². The maximum atomic E-state index is 12.1. The third-order valence-corrected chi connectivity index (χ3v) is 3.35. The number of rotatable bonds is 2. The van der Waals surface area contributed by atoms with Crippen LogP contribution in [0.1, 0.15) is 23.1 Å². The highest BCUT2D eigenvalue weighted by Gasteiger charge is 2.11. The number of aromatic nitrogens is 3. The van der Waals surface area contributed by atoms with Gasteiger partial charge in [0.15, 0.2) is 0 Å². The molecule has 0 atom stereocenters. The van der Waals surface area contributed by atoms with Gasteiger partial charge >= 0.3 is 5.97 Å². The van der Waals surface area contributed by atoms with Crippen LogP contribution in [0.25, 0.3) is 21.8 Å². The molecule has 0 aliphatic heterocycles. The summed E-state index contributed by atoms with van der Waals surface area (Å²) in [5, 5.41) is 1.46. The summed E-state index contributed by atoms with van der Waals surface area (Å²) < 4.78 is 4.68. The SMILES string of the molecule is CCc1ncc2c(n1)c(=O)[nH]c1cc(C(=O)OC)ccc12. The molecule has 0 aliphatic carbocycles. The molecule has 0 fully saturated rings. The highest BCUT2D eigenvalue weighted by atomic mass is 16.5. The first-order chi connectivity index (χ1) is 10.1. The van der Waals surface area contributed by atoms with E-state index in [4.69, 9.17) is 0 Å². The Labute approximate surface area is 119 Å². The van der Waals surface area contributed by atoms with Gasteiger partial charge in [-0.2, -0.15) is 0 Å². The van der Waals surface area contributed by atoms with E-state index in [9.17, 15) is 9.59 Å². The average Bonchev–Trinajstić information content (AvgIpc) is 2.53. The molecular weight excluding hydrogens is 270 g/mol. The second kappa shape index (κ2) is 4.97. The lowest BCUT2D eigenvalue weighted by atomic mass is 10.1. The molecule has 6 nitrogen and oxygen atoms in total. The summed E-state index contributed by atoms with van der Waals surface area (Å²) in [7, 11) is 1.32. The highest BCUT2D eigenvalue weighted by molar-refractivity contribution is 6.05. The lowest BCUT2D eigenvalue weighted by molar-refractivity contribution is 0.0601. The summed E-state index contributed by atoms with van der Waals surface area (Å²) in [5.74, 6) is 0.175. The van der Waals surface area contributed by atoms with Gasteiger partial charge < -0.3 is 9.72 Å². The Morgan fingerprint density at radius 2 is 2.14 bits per heavy atom. The molecule has 21 heavy (non-hydrogen) atoms. The standard InChI is InChI=1S/C15H13N3O3/c1-3-12-16-7-10-9-5-4-8(15(20)21-2)6-11(9)17-14(19)13(10)18-12/h4-7H,3H2,1-2H3,(H,17,19). The molecule has 0 unspecified atom stereocenters. The number of hydrogen-bond acceptors (Lipinski definition) is 5. The van der Waals surface area contributed by atoms with E-state index < -0.39 is 5.97 Å². The Kier molecular flexibility index (Phi) is 3.13. The van der Waals surface area contributed by atoms with Gasteiger partial charge in [0, 0.05) is 28.9 Å². The highest BCUT2D eigenvalue weighted by Crippen LogP contribution is 2.21. The molecule has 2 aromatic heterocycles. The number of benzene rings is 1. The van der Waals surface area contributed by atoms with Crippen molar-refractivity contribution in [2.24, 2.45) is 0 Å². The number of carbonyl (C=O) groups excluding carboxylic acids is 1. The van der Waals surface area contributed by atoms with Gasteiger partial charge in [0.2, 0.25) is 0 Å². The lowest BCUT2D eigenvalue weighted by Gasteiger charge is -2.06. The van der Waals surface area contributed by atoms with Crippen molar-refractivity contribution in [2.75, 3.05) is 7.11 Å². The normalized spacial score (nSPS) is 11.0. The molecule has 106 valence electrons. The zero-order chi connectivity index (χ0) is 15.0. The number of esters is 1. The van der Waals surface area contributed by atoms with Crippen molar-refractivity contribution in [2.45, 2.75) is 13.3 Å². The van der Waals surface area contributed by atoms with Crippen LogP contribution in [-0.4, -0.2) is 28.0 Å². The first-order valence-corrected chi connectivity index (χ1v) is 6.54. The largest absolute Gasteiger partial charge is 0.465 e. The molecule has 0 amide bonds. The van der Waals surface area contributed by atoms with E-state index in [0.29, 0.717) is 34.2 Å². The summed E-state index contributed by atoms with van der Waals surface area (Å²) in [6.07, 6.45) is 2.31. The molecule has 0 saturated carbocycles. The van der Waals surface area contributed by atoms with E-state index >= 15 is 0 Å². The summed E-state index contributed by atoms with van der Waals surface area (Å²) in [6.45, 7) is 1.93. The second-order valence-corrected chi connectivity index (χ2v) is 4.61. The number of hydrogen-bond donors (Lipinski definition) is 1. The molecule has 1 aromatic carbocycles. The fourth-order valence-corrected chi connectivity index (χ4v) is 2.27. The number of carbonyl (C=O) groups is 1. The summed E-state index contributed by atoms with van der Waals surface area (Å²) in [4.78, 5) is 35.0. The molecule has 6 heteroatoms. The number of methoxy groups -OCH3 is 1. The molecular formula is C15H13N3O3. The minimum Gasteiger partial charge on any atom is -0.465 e. The van der Waals surface area contributed by atoms with E-state index in [1.807, 2.05) is 6.92 Å². The Balaban J connectivity index is 2.34. The van der Waals surface area contributed by atoms with Gasteiger partial charge in [-0.25, -0.2) is 14.8 Å². The van der Waals surface area contributed by atoms with Crippen molar-refractivity contribution >= 4 is 27.8 Å². The fraction of sp³-hybridized carbons (Fsp3) is 0.200. The van der Waals surface area contributed by atoms with Crippen LogP contribution in [0, 0.1) is 0 Å². The first kappa shape index (κ1) is 13.2. The van der Waals surface area contributed by atoms with Crippen molar-refractivity contribution in [3.8, 4) is 0 Å². The second-order valence-electron chi connectivity index (χ2n) is 4.61. The van der Waals surface area contributed by atoms with E-state index in [1.54, 1.807) is 24.4 Å². The maximum absolute atomic E-state index is 12.1. The Morgan fingerprint density at radius 3 is 2.86 bits per heavy atom. The minimum absolute atomic E-state index is 0.295. The number of ether oxygens (including phenoxy) is 1. The third-order valence-electron chi connectivity index (χ3n) is 3.35. The Morgan fingerprint density at radius 1 is 1.33 bits per heavy atom. The molecule has 0 radical (unpaired) electrons. The molecule has 0 spiro atoms. The molecule has 0 bridgehead atoms. The molecule has 0 saturated heterocycles. The minimum atomic E-state index is -0.449. The van der Waals surface area contributed by atoms with Crippen molar-refractivity contribution in [3.63, 3.8) is 0 Å². The number of aryl methyl sites for hydroxylation is 1. The van der Waals surface area contributed by atoms with E-state index in [2.05, 4.69) is 19.7 Å². The van der Waals surface area contributed by atoms with Crippen molar-refractivity contribution in [1.82, 2.24) is 15.0 Å². The predicted octanol–water partition coefficient (Wildman–Crippen LogP) is 1.82. The number of H-pyrrole nitrogens is 1. The first-order valence-electron chi connectivity index (χ1n) is 6.54. The van der Waals surface area contributed by atoms with E-state index in [-0.39, 0.29) is 5.56 Å². The van der Waals surface area contributed by atoms with Crippen LogP contribution in [0.3, 0.4) is 0 Å². The number of fused-ring (bicyclic) bond motifs is 3. The smallest absolute Gasteiger partial charge is 0.337 e. The molecule has 3 rings (SSSR count). The van der Waals surface area contributed by atoms with E-state index in [1.165, 1.54) is 7.11 Å². The summed E-state index contributed by atoms with van der Waals surface area (Å²) in [5.41, 5.74) is 1.01. The van der Waals surface area contributed by atoms with Crippen LogP contribution < -0.4 is 5.56 Å².